The number of esters is 1. The van der Waals surface area contributed by atoms with E-state index in [1.165, 1.54) is 0 Å². The first-order valence-electron chi connectivity index (χ1n) is 12.4. The summed E-state index contributed by atoms with van der Waals surface area (Å²) < 4.78 is 40.3. The lowest BCUT2D eigenvalue weighted by molar-refractivity contribution is -0.141. The Balaban J connectivity index is 1.48. The number of cyclic esters (lactones) is 1. The van der Waals surface area contributed by atoms with Crippen molar-refractivity contribution in [2.75, 3.05) is 34.7 Å². The van der Waals surface area contributed by atoms with Crippen molar-refractivity contribution < 1.29 is 37.6 Å². The van der Waals surface area contributed by atoms with Crippen LogP contribution in [-0.2, 0) is 9.53 Å². The van der Waals surface area contributed by atoms with Gasteiger partial charge in [0.2, 0.25) is 18.4 Å². The van der Waals surface area contributed by atoms with E-state index in [1.54, 1.807) is 21.3 Å². The molecule has 9 heteroatoms. The van der Waals surface area contributed by atoms with Crippen molar-refractivity contribution in [1.82, 2.24) is 4.98 Å². The number of nitrogens with zero attached hydrogens (tertiary/aromatic N) is 1. The molecule has 0 saturated carbocycles. The zero-order valence-corrected chi connectivity index (χ0v) is 21.1. The number of hydrogen-bond donors (Lipinski definition) is 0. The number of fused-ring (bicyclic) bond motifs is 4. The molecule has 1 fully saturated rings. The van der Waals surface area contributed by atoms with Crippen LogP contribution < -0.4 is 23.7 Å². The molecule has 0 N–H and O–H groups in total. The van der Waals surface area contributed by atoms with Gasteiger partial charge in [0.1, 0.15) is 5.52 Å². The van der Waals surface area contributed by atoms with Crippen LogP contribution in [0.15, 0.2) is 52.9 Å². The third-order valence-electron chi connectivity index (χ3n) is 7.81. The van der Waals surface area contributed by atoms with E-state index < -0.39 is 5.92 Å². The highest BCUT2D eigenvalue weighted by atomic mass is 16.7. The Morgan fingerprint density at radius 3 is 2.18 bits per heavy atom. The number of aromatic nitrogens is 1. The zero-order valence-electron chi connectivity index (χ0n) is 21.1. The standard InChI is InChI=1S/C29H25NO8/c1-32-22-8-14(9-23(33-2)27(22)34-3)24-15-10-20-21(37-13-36-20)11-16(15)25(17-12-35-29(31)26(17)24)28-30-18-6-4-5-7-19(18)38-28/h4-11,17,24-26H,12-13H2,1-3H3/t17-,24-,25-,26+/m1/s1. The van der Waals surface area contributed by atoms with Gasteiger partial charge in [-0.05, 0) is 53.1 Å². The lowest BCUT2D eigenvalue weighted by Gasteiger charge is -2.38. The highest BCUT2D eigenvalue weighted by Gasteiger charge is 2.54. The Kier molecular flexibility index (Phi) is 5.14. The Hall–Kier alpha value is -4.40. The summed E-state index contributed by atoms with van der Waals surface area (Å²) in [6.07, 6.45) is 0. The van der Waals surface area contributed by atoms with Gasteiger partial charge in [-0.2, -0.15) is 0 Å². The second-order valence-electron chi connectivity index (χ2n) is 9.59. The van der Waals surface area contributed by atoms with Crippen LogP contribution in [0.4, 0.5) is 0 Å². The van der Waals surface area contributed by atoms with E-state index >= 15 is 0 Å². The minimum Gasteiger partial charge on any atom is -0.493 e. The quantitative estimate of drug-likeness (QED) is 0.352. The van der Waals surface area contributed by atoms with Gasteiger partial charge in [-0.25, -0.2) is 4.98 Å². The van der Waals surface area contributed by atoms with Crippen molar-refractivity contribution in [2.45, 2.75) is 11.8 Å². The number of oxazole rings is 1. The Bertz CT molecular complexity index is 1520. The summed E-state index contributed by atoms with van der Waals surface area (Å²) >= 11 is 0. The normalized spacial score (nSPS) is 23.1. The molecular formula is C29H25NO8. The van der Waals surface area contributed by atoms with E-state index in [0.717, 1.165) is 22.2 Å². The zero-order chi connectivity index (χ0) is 26.0. The highest BCUT2D eigenvalue weighted by Crippen LogP contribution is 2.57. The number of methoxy groups -OCH3 is 3. The first-order valence-corrected chi connectivity index (χ1v) is 12.4. The number of rotatable bonds is 5. The van der Waals surface area contributed by atoms with Gasteiger partial charge in [0.15, 0.2) is 28.6 Å². The minimum absolute atomic E-state index is 0.134. The molecule has 0 spiro atoms. The number of benzene rings is 3. The van der Waals surface area contributed by atoms with Crippen molar-refractivity contribution in [3.63, 3.8) is 0 Å². The van der Waals surface area contributed by atoms with E-state index in [4.69, 9.17) is 37.8 Å². The van der Waals surface area contributed by atoms with Crippen LogP contribution in [0.2, 0.25) is 0 Å². The smallest absolute Gasteiger partial charge is 0.310 e. The molecule has 0 unspecified atom stereocenters. The number of hydrogen-bond acceptors (Lipinski definition) is 9. The van der Waals surface area contributed by atoms with Crippen molar-refractivity contribution in [3.05, 3.63) is 71.1 Å². The van der Waals surface area contributed by atoms with Gasteiger partial charge >= 0.3 is 5.97 Å². The molecule has 1 saturated heterocycles. The van der Waals surface area contributed by atoms with Crippen LogP contribution in [0.1, 0.15) is 34.4 Å². The highest BCUT2D eigenvalue weighted by molar-refractivity contribution is 5.80. The third-order valence-corrected chi connectivity index (χ3v) is 7.81. The van der Waals surface area contributed by atoms with Crippen LogP contribution in [0.5, 0.6) is 28.7 Å². The molecule has 4 atom stereocenters. The molecule has 3 heterocycles. The molecule has 1 aliphatic carbocycles. The van der Waals surface area contributed by atoms with Crippen LogP contribution >= 0.6 is 0 Å². The second kappa shape index (κ2) is 8.58. The molecule has 9 nitrogen and oxygen atoms in total. The Morgan fingerprint density at radius 1 is 0.842 bits per heavy atom. The predicted molar refractivity (Wildman–Crippen MR) is 134 cm³/mol. The average molecular weight is 516 g/mol. The molecular weight excluding hydrogens is 490 g/mol. The SMILES string of the molecule is COc1cc([C@@H]2c3cc4c(cc3[C@@H](c3nc5ccccc5o3)[C@H]3COC(=O)[C@H]23)OCO4)cc(OC)c1OC. The Labute approximate surface area is 218 Å². The van der Waals surface area contributed by atoms with Crippen molar-refractivity contribution in [1.29, 1.82) is 0 Å². The molecule has 1 aromatic heterocycles. The van der Waals surface area contributed by atoms with Gasteiger partial charge < -0.3 is 32.8 Å². The number of ether oxygens (including phenoxy) is 6. The molecule has 4 aromatic rings. The van der Waals surface area contributed by atoms with E-state index in [9.17, 15) is 4.79 Å². The molecule has 38 heavy (non-hydrogen) atoms. The van der Waals surface area contributed by atoms with Gasteiger partial charge in [-0.1, -0.05) is 12.1 Å². The van der Waals surface area contributed by atoms with Crippen molar-refractivity contribution >= 4 is 17.1 Å². The molecule has 194 valence electrons. The summed E-state index contributed by atoms with van der Waals surface area (Å²) in [7, 11) is 4.71. The van der Waals surface area contributed by atoms with Crippen LogP contribution in [0.3, 0.4) is 0 Å². The second-order valence-corrected chi connectivity index (χ2v) is 9.59. The molecule has 0 bridgehead atoms. The number of carbonyl (C=O) groups excluding carboxylic acids is 1. The fraction of sp³-hybridized carbons (Fsp3) is 0.310. The van der Waals surface area contributed by atoms with Gasteiger partial charge in [-0.3, -0.25) is 4.79 Å². The lowest BCUT2D eigenvalue weighted by Crippen LogP contribution is -2.35. The molecule has 0 radical (unpaired) electrons. The first kappa shape index (κ1) is 22.8. The monoisotopic (exact) mass is 515 g/mol. The maximum Gasteiger partial charge on any atom is 0.310 e. The maximum atomic E-state index is 13.4. The van der Waals surface area contributed by atoms with Gasteiger partial charge in [0.05, 0.1) is 39.8 Å². The summed E-state index contributed by atoms with van der Waals surface area (Å²) in [5.74, 6) is 1.66. The molecule has 3 aliphatic rings. The molecule has 7 rings (SSSR count). The van der Waals surface area contributed by atoms with Gasteiger partial charge in [-0.15, -0.1) is 0 Å². The van der Waals surface area contributed by atoms with Crippen molar-refractivity contribution in [3.8, 4) is 28.7 Å². The molecule has 0 amide bonds. The van der Waals surface area contributed by atoms with E-state index in [0.29, 0.717) is 40.2 Å². The maximum absolute atomic E-state index is 13.4. The van der Waals surface area contributed by atoms with E-state index in [1.807, 2.05) is 48.5 Å². The fourth-order valence-electron chi connectivity index (χ4n) is 6.18. The summed E-state index contributed by atoms with van der Waals surface area (Å²) in [4.78, 5) is 18.2. The van der Waals surface area contributed by atoms with Gasteiger partial charge in [0.25, 0.3) is 0 Å². The van der Waals surface area contributed by atoms with Crippen LogP contribution in [0.25, 0.3) is 11.1 Å². The van der Waals surface area contributed by atoms with E-state index in [2.05, 4.69) is 0 Å². The largest absolute Gasteiger partial charge is 0.493 e. The first-order chi connectivity index (χ1) is 18.6. The Morgan fingerprint density at radius 2 is 1.53 bits per heavy atom. The number of para-hydroxylation sites is 2. The summed E-state index contributed by atoms with van der Waals surface area (Å²) in [5.41, 5.74) is 4.16. The van der Waals surface area contributed by atoms with Gasteiger partial charge in [0, 0.05) is 11.8 Å². The summed E-state index contributed by atoms with van der Waals surface area (Å²) in [6.45, 7) is 0.386. The van der Waals surface area contributed by atoms with Crippen LogP contribution in [0, 0.1) is 11.8 Å². The van der Waals surface area contributed by atoms with Crippen LogP contribution in [-0.4, -0.2) is 45.7 Å². The predicted octanol–water partition coefficient (Wildman–Crippen LogP) is 4.65. The molecule has 2 aliphatic heterocycles. The molecule has 3 aromatic carbocycles. The fourth-order valence-corrected chi connectivity index (χ4v) is 6.18. The third kappa shape index (κ3) is 3.24. The number of carbonyl (C=O) groups is 1. The minimum atomic E-state index is -0.495. The summed E-state index contributed by atoms with van der Waals surface area (Å²) in [6, 6.07) is 15.4. The lowest BCUT2D eigenvalue weighted by atomic mass is 9.62. The topological polar surface area (TPSA) is 98.5 Å². The average Bonchev–Trinajstić information content (AvgIpc) is 3.68. The van der Waals surface area contributed by atoms with E-state index in [-0.39, 0.29) is 37.1 Å². The summed E-state index contributed by atoms with van der Waals surface area (Å²) in [5, 5.41) is 0. The van der Waals surface area contributed by atoms with Crippen molar-refractivity contribution in [2.24, 2.45) is 11.8 Å².